The van der Waals surface area contributed by atoms with Crippen molar-refractivity contribution in [3.8, 4) is 17.2 Å². The number of ether oxygens (including phenoxy) is 3. The summed E-state index contributed by atoms with van der Waals surface area (Å²) in [7, 11) is 4.62. The molecule has 8 heteroatoms. The van der Waals surface area contributed by atoms with Crippen molar-refractivity contribution < 1.29 is 28.6 Å². The highest BCUT2D eigenvalue weighted by atomic mass is 16.5. The summed E-state index contributed by atoms with van der Waals surface area (Å²) in [4.78, 5) is 40.7. The second kappa shape index (κ2) is 9.27. The molecule has 1 N–H and O–H groups in total. The zero-order valence-corrected chi connectivity index (χ0v) is 19.0. The maximum atomic E-state index is 13.8. The highest BCUT2D eigenvalue weighted by Gasteiger charge is 2.54. The van der Waals surface area contributed by atoms with Crippen LogP contribution in [0.4, 0.5) is 4.79 Å². The van der Waals surface area contributed by atoms with Crippen molar-refractivity contribution in [2.75, 3.05) is 27.9 Å². The Morgan fingerprint density at radius 1 is 0.735 bits per heavy atom. The largest absolute Gasteiger partial charge is 0.497 e. The number of carbonyl (C=O) groups is 3. The molecule has 3 aromatic carbocycles. The summed E-state index contributed by atoms with van der Waals surface area (Å²) in [5.74, 6) is 0.902. The molecule has 0 atom stereocenters. The first kappa shape index (κ1) is 22.8. The zero-order valence-electron chi connectivity index (χ0n) is 19.0. The Morgan fingerprint density at radius 3 is 1.56 bits per heavy atom. The summed E-state index contributed by atoms with van der Waals surface area (Å²) in [5.41, 5.74) is -0.0595. The van der Waals surface area contributed by atoms with Crippen LogP contribution in [0.5, 0.6) is 17.2 Å². The molecular weight excluding hydrogens is 436 g/mol. The van der Waals surface area contributed by atoms with Gasteiger partial charge < -0.3 is 19.5 Å². The fourth-order valence-electron chi connectivity index (χ4n) is 3.97. The van der Waals surface area contributed by atoms with Crippen molar-refractivity contribution in [1.29, 1.82) is 0 Å². The summed E-state index contributed by atoms with van der Waals surface area (Å²) >= 11 is 0. The average Bonchev–Trinajstić information content (AvgIpc) is 3.14. The Hall–Kier alpha value is -4.33. The van der Waals surface area contributed by atoms with Crippen LogP contribution in [0, 0.1) is 0 Å². The number of methoxy groups -OCH3 is 3. The molecule has 8 nitrogen and oxygen atoms in total. The third-order valence-electron chi connectivity index (χ3n) is 5.87. The van der Waals surface area contributed by atoms with Crippen LogP contribution in [0.3, 0.4) is 0 Å². The minimum absolute atomic E-state index is 0.368. The number of Topliss-reactive ketones (excluding diaryl/α,β-unsaturated/α-hetero) is 1. The number of ketones is 1. The Morgan fingerprint density at radius 2 is 1.15 bits per heavy atom. The molecular formula is C26H24N2O6. The number of imide groups is 1. The lowest BCUT2D eigenvalue weighted by Crippen LogP contribution is -2.45. The molecule has 1 fully saturated rings. The molecule has 0 unspecified atom stereocenters. The first-order chi connectivity index (χ1) is 16.4. The van der Waals surface area contributed by atoms with Crippen LogP contribution in [0.2, 0.25) is 0 Å². The highest BCUT2D eigenvalue weighted by Crippen LogP contribution is 2.37. The first-order valence-corrected chi connectivity index (χ1v) is 10.5. The van der Waals surface area contributed by atoms with Crippen LogP contribution < -0.4 is 19.5 Å². The van der Waals surface area contributed by atoms with Gasteiger partial charge in [-0.3, -0.25) is 14.5 Å². The van der Waals surface area contributed by atoms with Crippen LogP contribution >= 0.6 is 0 Å². The Labute approximate surface area is 197 Å². The van der Waals surface area contributed by atoms with Gasteiger partial charge in [-0.25, -0.2) is 4.79 Å². The molecule has 1 saturated heterocycles. The second-order valence-corrected chi connectivity index (χ2v) is 7.68. The molecule has 1 heterocycles. The van der Waals surface area contributed by atoms with Crippen LogP contribution in [0.25, 0.3) is 0 Å². The Kier molecular flexibility index (Phi) is 6.23. The number of hydrogen-bond acceptors (Lipinski definition) is 6. The maximum Gasteiger partial charge on any atom is 0.325 e. The minimum atomic E-state index is -1.50. The topological polar surface area (TPSA) is 94.2 Å². The number of amides is 3. The fraction of sp³-hybridized carbons (Fsp3) is 0.192. The normalized spacial score (nSPS) is 14.5. The third-order valence-corrected chi connectivity index (χ3v) is 5.87. The lowest BCUT2D eigenvalue weighted by Gasteiger charge is -2.28. The van der Waals surface area contributed by atoms with E-state index in [1.54, 1.807) is 87.0 Å². The summed E-state index contributed by atoms with van der Waals surface area (Å²) in [6.45, 7) is -0.398. The van der Waals surface area contributed by atoms with Gasteiger partial charge in [0.15, 0.2) is 11.3 Å². The quantitative estimate of drug-likeness (QED) is 0.409. The lowest BCUT2D eigenvalue weighted by atomic mass is 9.82. The zero-order chi connectivity index (χ0) is 24.3. The van der Waals surface area contributed by atoms with Gasteiger partial charge in [-0.2, -0.15) is 0 Å². The van der Waals surface area contributed by atoms with Gasteiger partial charge in [0.2, 0.25) is 0 Å². The number of nitrogens with one attached hydrogen (secondary N) is 1. The molecule has 0 aliphatic carbocycles. The predicted octanol–water partition coefficient (Wildman–Crippen LogP) is 3.39. The number of carbonyl (C=O) groups excluding carboxylic acids is 3. The molecule has 0 spiro atoms. The van der Waals surface area contributed by atoms with E-state index in [-0.39, 0.29) is 5.78 Å². The molecule has 1 aliphatic rings. The van der Waals surface area contributed by atoms with E-state index in [0.717, 1.165) is 4.90 Å². The lowest BCUT2D eigenvalue weighted by molar-refractivity contribution is -0.129. The van der Waals surface area contributed by atoms with Gasteiger partial charge in [0, 0.05) is 5.56 Å². The smallest absolute Gasteiger partial charge is 0.325 e. The maximum absolute atomic E-state index is 13.8. The van der Waals surface area contributed by atoms with E-state index in [9.17, 15) is 14.4 Å². The van der Waals surface area contributed by atoms with Gasteiger partial charge >= 0.3 is 6.03 Å². The Balaban J connectivity index is 1.72. The number of nitrogens with zero attached hydrogens (tertiary/aromatic N) is 1. The molecule has 3 amide bonds. The van der Waals surface area contributed by atoms with Crippen molar-refractivity contribution in [3.05, 3.63) is 89.5 Å². The van der Waals surface area contributed by atoms with Crippen LogP contribution in [0.15, 0.2) is 72.8 Å². The van der Waals surface area contributed by atoms with Gasteiger partial charge in [0.05, 0.1) is 27.9 Å². The molecule has 34 heavy (non-hydrogen) atoms. The van der Waals surface area contributed by atoms with Gasteiger partial charge in [0.1, 0.15) is 17.2 Å². The predicted molar refractivity (Wildman–Crippen MR) is 124 cm³/mol. The van der Waals surface area contributed by atoms with E-state index in [0.29, 0.717) is 33.9 Å². The van der Waals surface area contributed by atoms with Crippen molar-refractivity contribution in [3.63, 3.8) is 0 Å². The third kappa shape index (κ3) is 3.94. The van der Waals surface area contributed by atoms with E-state index in [2.05, 4.69) is 5.32 Å². The minimum Gasteiger partial charge on any atom is -0.497 e. The van der Waals surface area contributed by atoms with Gasteiger partial charge in [-0.1, -0.05) is 24.3 Å². The van der Waals surface area contributed by atoms with Gasteiger partial charge in [-0.05, 0) is 59.7 Å². The second-order valence-electron chi connectivity index (χ2n) is 7.68. The highest BCUT2D eigenvalue weighted by molar-refractivity contribution is 6.13. The summed E-state index contributed by atoms with van der Waals surface area (Å²) in [5, 5.41) is 2.83. The van der Waals surface area contributed by atoms with Crippen LogP contribution in [-0.2, 0) is 10.3 Å². The monoisotopic (exact) mass is 460 g/mol. The van der Waals surface area contributed by atoms with Gasteiger partial charge in [-0.15, -0.1) is 0 Å². The van der Waals surface area contributed by atoms with Crippen molar-refractivity contribution in [2.24, 2.45) is 0 Å². The Bertz CT molecular complexity index is 1160. The summed E-state index contributed by atoms with van der Waals surface area (Å²) in [6.07, 6.45) is 0. The first-order valence-electron chi connectivity index (χ1n) is 10.5. The fourth-order valence-corrected chi connectivity index (χ4v) is 3.97. The van der Waals surface area contributed by atoms with E-state index >= 15 is 0 Å². The van der Waals surface area contributed by atoms with Gasteiger partial charge in [0.25, 0.3) is 5.91 Å². The van der Waals surface area contributed by atoms with Crippen molar-refractivity contribution >= 4 is 17.7 Å². The van der Waals surface area contributed by atoms with E-state index in [1.807, 2.05) is 0 Å². The van der Waals surface area contributed by atoms with Crippen molar-refractivity contribution in [1.82, 2.24) is 10.2 Å². The standard InChI is InChI=1S/C26H24N2O6/c1-32-20-10-4-17(5-11-20)23(29)16-28-24(30)26(27-25(28)31,18-6-12-21(33-2)13-7-18)19-8-14-22(34-3)15-9-19/h4-15H,16H2,1-3H3,(H,27,31). The summed E-state index contributed by atoms with van der Waals surface area (Å²) < 4.78 is 15.6. The molecule has 0 radical (unpaired) electrons. The number of benzene rings is 3. The molecule has 174 valence electrons. The summed E-state index contributed by atoms with van der Waals surface area (Å²) in [6, 6.07) is 19.6. The SMILES string of the molecule is COc1ccc(C(=O)CN2C(=O)NC(c3ccc(OC)cc3)(c3ccc(OC)cc3)C2=O)cc1. The van der Waals surface area contributed by atoms with E-state index < -0.39 is 24.0 Å². The molecule has 0 saturated carbocycles. The van der Waals surface area contributed by atoms with Crippen molar-refractivity contribution in [2.45, 2.75) is 5.54 Å². The van der Waals surface area contributed by atoms with Crippen LogP contribution in [-0.4, -0.2) is 50.5 Å². The number of rotatable bonds is 8. The van der Waals surface area contributed by atoms with E-state index in [4.69, 9.17) is 14.2 Å². The molecule has 0 bridgehead atoms. The molecule has 3 aromatic rings. The number of hydrogen-bond donors (Lipinski definition) is 1. The van der Waals surface area contributed by atoms with E-state index in [1.165, 1.54) is 7.11 Å². The molecule has 0 aromatic heterocycles. The average molecular weight is 460 g/mol. The molecule has 1 aliphatic heterocycles. The number of urea groups is 1. The van der Waals surface area contributed by atoms with Crippen LogP contribution in [0.1, 0.15) is 21.5 Å². The molecule has 4 rings (SSSR count).